The normalized spacial score (nSPS) is 27.4. The zero-order valence-electron chi connectivity index (χ0n) is 17.3. The van der Waals surface area contributed by atoms with Gasteiger partial charge >= 0.3 is 5.97 Å². The van der Waals surface area contributed by atoms with E-state index in [9.17, 15) is 14.7 Å². The Morgan fingerprint density at radius 1 is 1.24 bits per heavy atom. The smallest absolute Gasteiger partial charge is 0.303 e. The first-order chi connectivity index (χ1) is 13.5. The Hall–Kier alpha value is -2.51. The van der Waals surface area contributed by atoms with Crippen molar-refractivity contribution in [3.05, 3.63) is 42.1 Å². The zero-order chi connectivity index (χ0) is 21.4. The Morgan fingerprint density at radius 2 is 1.93 bits per heavy atom. The summed E-state index contributed by atoms with van der Waals surface area (Å²) in [5, 5.41) is 9.18. The Labute approximate surface area is 170 Å². The molecule has 156 valence electrons. The number of nitrogen functional groups attached to an aromatic ring is 1. The predicted molar refractivity (Wildman–Crippen MR) is 110 cm³/mol. The molecule has 0 bridgehead atoms. The molecule has 0 amide bonds. The van der Waals surface area contributed by atoms with Gasteiger partial charge < -0.3 is 20.3 Å². The Kier molecular flexibility index (Phi) is 5.40. The molecule has 0 saturated carbocycles. The van der Waals surface area contributed by atoms with E-state index < -0.39 is 28.7 Å². The van der Waals surface area contributed by atoms with E-state index in [-0.39, 0.29) is 18.6 Å². The van der Waals surface area contributed by atoms with Crippen LogP contribution in [0.4, 0.5) is 5.69 Å². The van der Waals surface area contributed by atoms with Gasteiger partial charge in [0.15, 0.2) is 11.6 Å². The van der Waals surface area contributed by atoms with Gasteiger partial charge in [-0.25, -0.2) is 0 Å². The predicted octanol–water partition coefficient (Wildman–Crippen LogP) is 3.09. The fourth-order valence-electron chi connectivity index (χ4n) is 3.91. The second kappa shape index (κ2) is 7.39. The van der Waals surface area contributed by atoms with Crippen molar-refractivity contribution in [1.29, 1.82) is 0 Å². The molecule has 2 atom stereocenters. The molecule has 7 nitrogen and oxygen atoms in total. The van der Waals surface area contributed by atoms with E-state index in [2.05, 4.69) is 4.99 Å². The van der Waals surface area contributed by atoms with Crippen LogP contribution in [0.15, 0.2) is 41.5 Å². The highest BCUT2D eigenvalue weighted by Crippen LogP contribution is 2.44. The highest BCUT2D eigenvalue weighted by atomic mass is 16.7. The first kappa shape index (κ1) is 21.2. The number of allylic oxidation sites excluding steroid dienone is 1. The maximum atomic E-state index is 14.1. The van der Waals surface area contributed by atoms with Crippen LogP contribution in [-0.4, -0.2) is 41.1 Å². The molecule has 3 rings (SSSR count). The Morgan fingerprint density at radius 3 is 2.59 bits per heavy atom. The van der Waals surface area contributed by atoms with Crippen molar-refractivity contribution in [2.45, 2.75) is 57.8 Å². The van der Waals surface area contributed by atoms with E-state index in [1.165, 1.54) is 0 Å². The fourth-order valence-corrected chi connectivity index (χ4v) is 3.91. The monoisotopic (exact) mass is 400 g/mol. The summed E-state index contributed by atoms with van der Waals surface area (Å²) in [4.78, 5) is 29.7. The summed E-state index contributed by atoms with van der Waals surface area (Å²) in [5.74, 6) is -2.08. The van der Waals surface area contributed by atoms with Gasteiger partial charge in [0.25, 0.3) is 0 Å². The quantitative estimate of drug-likeness (QED) is 0.710. The first-order valence-corrected chi connectivity index (χ1v) is 9.67. The van der Waals surface area contributed by atoms with Gasteiger partial charge in [-0.1, -0.05) is 32.0 Å². The molecule has 29 heavy (non-hydrogen) atoms. The minimum atomic E-state index is -1.27. The lowest BCUT2D eigenvalue weighted by atomic mass is 9.66. The van der Waals surface area contributed by atoms with Gasteiger partial charge in [-0.3, -0.25) is 14.6 Å². The third kappa shape index (κ3) is 3.84. The summed E-state index contributed by atoms with van der Waals surface area (Å²) in [5.41, 5.74) is 5.91. The van der Waals surface area contributed by atoms with E-state index in [1.807, 2.05) is 19.9 Å². The number of nitrogens with zero attached hydrogens (tertiary/aromatic N) is 1. The average Bonchev–Trinajstić information content (AvgIpc) is 3.06. The van der Waals surface area contributed by atoms with Crippen LogP contribution >= 0.6 is 0 Å². The molecule has 1 aromatic carbocycles. The summed E-state index contributed by atoms with van der Waals surface area (Å²) in [6, 6.07) is 7.12. The van der Waals surface area contributed by atoms with Gasteiger partial charge in [-0.2, -0.15) is 0 Å². The van der Waals surface area contributed by atoms with Gasteiger partial charge in [0.05, 0.1) is 13.0 Å². The summed E-state index contributed by atoms with van der Waals surface area (Å²) in [6.45, 7) is 7.73. The number of ether oxygens (including phenoxy) is 2. The molecule has 1 saturated heterocycles. The fraction of sp³-hybridized carbons (Fsp3) is 0.500. The number of carbonyl (C=O) groups is 2. The highest BCUT2D eigenvalue weighted by Gasteiger charge is 2.55. The molecule has 0 radical (unpaired) electrons. The number of para-hydroxylation sites is 1. The number of aliphatic carboxylic acids is 1. The molecule has 3 N–H and O–H groups in total. The third-order valence-corrected chi connectivity index (χ3v) is 5.50. The van der Waals surface area contributed by atoms with Crippen LogP contribution < -0.4 is 5.73 Å². The number of carboxylic acids is 1. The lowest BCUT2D eigenvalue weighted by Gasteiger charge is -2.47. The van der Waals surface area contributed by atoms with Crippen LogP contribution in [0.2, 0.25) is 0 Å². The van der Waals surface area contributed by atoms with Gasteiger partial charge in [-0.15, -0.1) is 0 Å². The number of carbonyl (C=O) groups excluding carboxylic acids is 1. The number of aliphatic imine (C=N–C) groups is 1. The van der Waals surface area contributed by atoms with Gasteiger partial charge in [-0.05, 0) is 38.0 Å². The second-order valence-corrected chi connectivity index (χ2v) is 8.72. The largest absolute Gasteiger partial charge is 0.481 e. The van der Waals surface area contributed by atoms with Crippen molar-refractivity contribution < 1.29 is 24.2 Å². The maximum Gasteiger partial charge on any atom is 0.303 e. The zero-order valence-corrected chi connectivity index (χ0v) is 17.3. The van der Waals surface area contributed by atoms with Gasteiger partial charge in [0.1, 0.15) is 11.5 Å². The summed E-state index contributed by atoms with van der Waals surface area (Å²) < 4.78 is 11.9. The van der Waals surface area contributed by atoms with Crippen molar-refractivity contribution >= 4 is 23.2 Å². The van der Waals surface area contributed by atoms with Crippen molar-refractivity contribution in [1.82, 2.24) is 0 Å². The number of anilines is 1. The second-order valence-electron chi connectivity index (χ2n) is 8.72. The van der Waals surface area contributed by atoms with Crippen LogP contribution in [-0.2, 0) is 24.5 Å². The molecule has 7 heteroatoms. The molecule has 1 aromatic rings. The summed E-state index contributed by atoms with van der Waals surface area (Å²) in [6.07, 6.45) is 2.48. The summed E-state index contributed by atoms with van der Waals surface area (Å²) >= 11 is 0. The molecular weight excluding hydrogens is 372 g/mol. The SMILES string of the molecule is CC1(C)OCC(C)(C)C(C(=O)C2(c3ccccc3N)C=CN=C2CCC(=O)O)O1. The van der Waals surface area contributed by atoms with Crippen LogP contribution in [0.5, 0.6) is 0 Å². The minimum Gasteiger partial charge on any atom is -0.481 e. The number of hydrogen-bond acceptors (Lipinski definition) is 6. The lowest BCUT2D eigenvalue weighted by Crippen LogP contribution is -2.59. The van der Waals surface area contributed by atoms with Crippen molar-refractivity contribution in [2.75, 3.05) is 12.3 Å². The van der Waals surface area contributed by atoms with E-state index in [0.29, 0.717) is 23.6 Å². The van der Waals surface area contributed by atoms with E-state index in [4.69, 9.17) is 15.2 Å². The standard InChI is InChI=1S/C22H28N2O5/c1-20(2)13-28-21(3,4)29-19(20)18(27)22(14-7-5-6-8-15(14)23)11-12-24-16(22)9-10-17(25)26/h5-8,11-12,19H,9-10,13,23H2,1-4H3,(H,25,26). The van der Waals surface area contributed by atoms with Crippen molar-refractivity contribution in [2.24, 2.45) is 10.4 Å². The molecule has 0 aliphatic carbocycles. The number of hydrogen-bond donors (Lipinski definition) is 2. The van der Waals surface area contributed by atoms with Crippen molar-refractivity contribution in [3.63, 3.8) is 0 Å². The average molecular weight is 400 g/mol. The van der Waals surface area contributed by atoms with Gasteiger partial charge in [0, 0.05) is 23.0 Å². The maximum absolute atomic E-state index is 14.1. The molecular formula is C22H28N2O5. The van der Waals surface area contributed by atoms with Crippen LogP contribution in [0.1, 0.15) is 46.1 Å². The van der Waals surface area contributed by atoms with Crippen molar-refractivity contribution in [3.8, 4) is 0 Å². The van der Waals surface area contributed by atoms with Crippen LogP contribution in [0, 0.1) is 5.41 Å². The molecule has 2 aliphatic heterocycles. The van der Waals surface area contributed by atoms with Crippen LogP contribution in [0.3, 0.4) is 0 Å². The summed E-state index contributed by atoms with van der Waals surface area (Å²) in [7, 11) is 0. The Balaban J connectivity index is 2.12. The van der Waals surface area contributed by atoms with Crippen LogP contribution in [0.25, 0.3) is 0 Å². The number of nitrogens with two attached hydrogens (primary N) is 1. The number of Topliss-reactive ketones (excluding diaryl/α,β-unsaturated/α-hetero) is 1. The molecule has 2 unspecified atom stereocenters. The topological polar surface area (TPSA) is 111 Å². The lowest BCUT2D eigenvalue weighted by molar-refractivity contribution is -0.304. The number of carboxylic acid groups (broad SMARTS) is 1. The number of rotatable bonds is 6. The highest BCUT2D eigenvalue weighted by molar-refractivity contribution is 6.20. The Bertz CT molecular complexity index is 887. The number of benzene rings is 1. The minimum absolute atomic E-state index is 0.133. The molecule has 2 aliphatic rings. The molecule has 0 aromatic heterocycles. The van der Waals surface area contributed by atoms with E-state index in [1.54, 1.807) is 44.3 Å². The van der Waals surface area contributed by atoms with Gasteiger partial charge in [0.2, 0.25) is 0 Å². The molecule has 1 fully saturated rings. The van der Waals surface area contributed by atoms with E-state index >= 15 is 0 Å². The third-order valence-electron chi connectivity index (χ3n) is 5.50. The van der Waals surface area contributed by atoms with E-state index in [0.717, 1.165) is 0 Å². The number of ketones is 1. The first-order valence-electron chi connectivity index (χ1n) is 9.67. The molecule has 2 heterocycles. The molecule has 0 spiro atoms.